The van der Waals surface area contributed by atoms with Crippen LogP contribution in [0.5, 0.6) is 11.5 Å². The molecule has 0 radical (unpaired) electrons. The Labute approximate surface area is 159 Å². The third-order valence-electron chi connectivity index (χ3n) is 4.59. The van der Waals surface area contributed by atoms with Crippen LogP contribution in [0.15, 0.2) is 72.8 Å². The summed E-state index contributed by atoms with van der Waals surface area (Å²) in [7, 11) is 3.41. The Morgan fingerprint density at radius 3 is 2.00 bits per heavy atom. The van der Waals surface area contributed by atoms with Crippen LogP contribution in [0, 0.1) is 0 Å². The second-order valence-electron chi connectivity index (χ2n) is 6.16. The molecule has 0 atom stereocenters. The summed E-state index contributed by atoms with van der Waals surface area (Å²) in [5.74, 6) is 1.79. The molecule has 1 aromatic heterocycles. The van der Waals surface area contributed by atoms with E-state index >= 15 is 0 Å². The molecule has 0 N–H and O–H groups in total. The molecule has 0 unspecified atom stereocenters. The quantitative estimate of drug-likeness (QED) is 0.425. The number of hydrogen-bond acceptors (Lipinski definition) is 2. The summed E-state index contributed by atoms with van der Waals surface area (Å²) < 4.78 is 13.5. The number of ether oxygens (including phenoxy) is 2. The Balaban J connectivity index is 1.80. The first-order chi connectivity index (χ1) is 12.8. The van der Waals surface area contributed by atoms with Crippen molar-refractivity contribution in [2.24, 2.45) is 0 Å². The predicted octanol–water partition coefficient (Wildman–Crippen LogP) is 5.17. The molecule has 130 valence electrons. The van der Waals surface area contributed by atoms with Crippen LogP contribution in [-0.2, 0) is 6.42 Å². The van der Waals surface area contributed by atoms with Crippen molar-refractivity contribution in [2.75, 3.05) is 14.2 Å². The summed E-state index contributed by atoms with van der Waals surface area (Å²) >= 11 is 0.326. The normalized spacial score (nSPS) is 10.8. The zero-order chi connectivity index (χ0) is 17.9. The van der Waals surface area contributed by atoms with E-state index in [2.05, 4.69) is 48.5 Å². The van der Waals surface area contributed by atoms with Gasteiger partial charge in [-0.15, -0.1) is 0 Å². The first-order valence-corrected chi connectivity index (χ1v) is 10.3. The molecule has 4 rings (SSSR count). The van der Waals surface area contributed by atoms with E-state index in [1.807, 2.05) is 24.3 Å². The number of hydrogen-bond donors (Lipinski definition) is 0. The Morgan fingerprint density at radius 1 is 0.731 bits per heavy atom. The summed E-state index contributed by atoms with van der Waals surface area (Å²) in [5, 5.41) is 1.40. The van der Waals surface area contributed by atoms with Gasteiger partial charge in [0.25, 0.3) is 0 Å². The van der Waals surface area contributed by atoms with Crippen LogP contribution < -0.4 is 9.47 Å². The van der Waals surface area contributed by atoms with E-state index in [4.69, 9.17) is 9.47 Å². The minimum atomic E-state index is 0.326. The molecular formula is C23H20O2Se. The van der Waals surface area contributed by atoms with Gasteiger partial charge in [0.1, 0.15) is 0 Å². The van der Waals surface area contributed by atoms with Crippen molar-refractivity contribution in [3.05, 3.63) is 83.9 Å². The van der Waals surface area contributed by atoms with Gasteiger partial charge in [0.2, 0.25) is 0 Å². The third-order valence-corrected chi connectivity index (χ3v) is 7.24. The molecule has 0 aliphatic carbocycles. The van der Waals surface area contributed by atoms with Crippen molar-refractivity contribution in [3.8, 4) is 21.5 Å². The second kappa shape index (κ2) is 7.41. The topological polar surface area (TPSA) is 18.5 Å². The van der Waals surface area contributed by atoms with E-state index < -0.39 is 0 Å². The first kappa shape index (κ1) is 17.0. The summed E-state index contributed by atoms with van der Waals surface area (Å²) in [6, 6.07) is 25.6. The van der Waals surface area contributed by atoms with Crippen LogP contribution in [0.1, 0.15) is 11.1 Å². The van der Waals surface area contributed by atoms with E-state index in [-0.39, 0.29) is 0 Å². The molecule has 26 heavy (non-hydrogen) atoms. The molecule has 1 heterocycles. The molecule has 2 nitrogen and oxygen atoms in total. The predicted molar refractivity (Wildman–Crippen MR) is 109 cm³/mol. The molecule has 0 aliphatic rings. The van der Waals surface area contributed by atoms with Crippen molar-refractivity contribution in [1.29, 1.82) is 0 Å². The van der Waals surface area contributed by atoms with Crippen molar-refractivity contribution >= 4 is 24.1 Å². The average Bonchev–Trinajstić information content (AvgIpc) is 3.07. The molecule has 0 amide bonds. The average molecular weight is 407 g/mol. The van der Waals surface area contributed by atoms with E-state index in [1.165, 1.54) is 30.8 Å². The van der Waals surface area contributed by atoms with Crippen LogP contribution in [0.4, 0.5) is 0 Å². The number of benzene rings is 3. The summed E-state index contributed by atoms with van der Waals surface area (Å²) in [6.45, 7) is 0. The van der Waals surface area contributed by atoms with Gasteiger partial charge >= 0.3 is 160 Å². The minimum absolute atomic E-state index is 0.326. The van der Waals surface area contributed by atoms with Crippen LogP contribution in [0.3, 0.4) is 0 Å². The molecular weight excluding hydrogens is 387 g/mol. The molecule has 0 saturated heterocycles. The van der Waals surface area contributed by atoms with E-state index in [1.54, 1.807) is 14.2 Å². The van der Waals surface area contributed by atoms with Crippen molar-refractivity contribution in [1.82, 2.24) is 0 Å². The maximum atomic E-state index is 5.32. The van der Waals surface area contributed by atoms with Gasteiger partial charge in [0.05, 0.1) is 0 Å². The molecule has 3 aromatic carbocycles. The van der Waals surface area contributed by atoms with Crippen LogP contribution in [0.25, 0.3) is 19.6 Å². The monoisotopic (exact) mass is 408 g/mol. The molecule has 0 aliphatic heterocycles. The van der Waals surface area contributed by atoms with Gasteiger partial charge in [0.15, 0.2) is 0 Å². The molecule has 4 aromatic rings. The molecule has 0 bridgehead atoms. The van der Waals surface area contributed by atoms with Crippen molar-refractivity contribution < 1.29 is 9.47 Å². The Morgan fingerprint density at radius 2 is 1.35 bits per heavy atom. The van der Waals surface area contributed by atoms with Crippen molar-refractivity contribution in [3.63, 3.8) is 0 Å². The zero-order valence-electron chi connectivity index (χ0n) is 14.9. The Bertz CT molecular complexity index is 1010. The second-order valence-corrected chi connectivity index (χ2v) is 8.37. The number of fused-ring (bicyclic) bond motifs is 1. The van der Waals surface area contributed by atoms with Crippen molar-refractivity contribution in [2.45, 2.75) is 6.42 Å². The van der Waals surface area contributed by atoms with Gasteiger partial charge in [-0.2, -0.15) is 0 Å². The van der Waals surface area contributed by atoms with Crippen LogP contribution in [0.2, 0.25) is 0 Å². The van der Waals surface area contributed by atoms with Gasteiger partial charge < -0.3 is 0 Å². The summed E-state index contributed by atoms with van der Waals surface area (Å²) in [6.07, 6.45) is 0.935. The Kier molecular flexibility index (Phi) is 4.83. The maximum absolute atomic E-state index is 5.32. The van der Waals surface area contributed by atoms with Crippen LogP contribution >= 0.6 is 0 Å². The zero-order valence-corrected chi connectivity index (χ0v) is 16.6. The summed E-state index contributed by atoms with van der Waals surface area (Å²) in [4.78, 5) is 0. The van der Waals surface area contributed by atoms with E-state index in [0.29, 0.717) is 14.5 Å². The Hall–Kier alpha value is -2.48. The van der Waals surface area contributed by atoms with Gasteiger partial charge in [-0.05, 0) is 0 Å². The van der Waals surface area contributed by atoms with Crippen LogP contribution in [-0.4, -0.2) is 28.7 Å². The molecule has 0 fully saturated rings. The van der Waals surface area contributed by atoms with Gasteiger partial charge in [-0.1, -0.05) is 0 Å². The first-order valence-electron chi connectivity index (χ1n) is 8.56. The van der Waals surface area contributed by atoms with Gasteiger partial charge in [0, 0.05) is 0 Å². The third kappa shape index (κ3) is 3.28. The molecule has 0 saturated carbocycles. The standard InChI is InChI=1S/C23H20O2Se/c1-24-18-11-7-16(8-12-18)15-21-20-5-3-4-6-22(20)26-23(21)17-9-13-19(25-2)14-10-17/h3-14H,15H2,1-2H3. The fraction of sp³-hybridized carbons (Fsp3) is 0.130. The van der Waals surface area contributed by atoms with E-state index in [0.717, 1.165) is 17.9 Å². The SMILES string of the molecule is COc1ccc(Cc2c(-c3ccc(OC)cc3)[se]c3ccccc23)cc1. The fourth-order valence-electron chi connectivity index (χ4n) is 3.20. The van der Waals surface area contributed by atoms with E-state index in [9.17, 15) is 0 Å². The number of methoxy groups -OCH3 is 2. The van der Waals surface area contributed by atoms with Gasteiger partial charge in [-0.25, -0.2) is 0 Å². The fourth-order valence-corrected chi connectivity index (χ4v) is 5.77. The molecule has 0 spiro atoms. The number of rotatable bonds is 5. The van der Waals surface area contributed by atoms with Gasteiger partial charge in [-0.3, -0.25) is 0 Å². The molecule has 3 heteroatoms. The summed E-state index contributed by atoms with van der Waals surface area (Å²) in [5.41, 5.74) is 4.04.